The molecule has 1 aliphatic rings. The molecule has 7 heteroatoms. The van der Waals surface area contributed by atoms with Gasteiger partial charge in [0.25, 0.3) is 0 Å². The Morgan fingerprint density at radius 2 is 2.28 bits per heavy atom. The van der Waals surface area contributed by atoms with Crippen molar-refractivity contribution in [3.63, 3.8) is 0 Å². The number of aromatic nitrogens is 2. The minimum absolute atomic E-state index is 0.199. The van der Waals surface area contributed by atoms with Crippen LogP contribution in [0.4, 0.5) is 4.79 Å². The van der Waals surface area contributed by atoms with Crippen molar-refractivity contribution in [2.45, 2.75) is 6.42 Å². The van der Waals surface area contributed by atoms with Crippen LogP contribution in [-0.2, 0) is 18.3 Å². The van der Waals surface area contributed by atoms with Crippen LogP contribution in [-0.4, -0.2) is 51.4 Å². The molecule has 1 aromatic heterocycles. The van der Waals surface area contributed by atoms with Gasteiger partial charge in [0.15, 0.2) is 0 Å². The number of likely N-dealkylation sites (tertiary alicyclic amines) is 1. The molecular formula is C11H16N4O3. The maximum atomic E-state index is 11.6. The van der Waals surface area contributed by atoms with E-state index in [-0.39, 0.29) is 6.03 Å². The van der Waals surface area contributed by atoms with Gasteiger partial charge in [-0.1, -0.05) is 0 Å². The number of aryl methyl sites for hydroxylation is 1. The zero-order valence-corrected chi connectivity index (χ0v) is 10.2. The summed E-state index contributed by atoms with van der Waals surface area (Å²) in [5.41, 5.74) is 1.04. The molecule has 1 aromatic rings. The lowest BCUT2D eigenvalue weighted by Crippen LogP contribution is -2.56. The van der Waals surface area contributed by atoms with Crippen molar-refractivity contribution in [1.82, 2.24) is 20.0 Å². The van der Waals surface area contributed by atoms with E-state index in [1.54, 1.807) is 10.9 Å². The zero-order chi connectivity index (χ0) is 13.1. The number of amides is 2. The highest BCUT2D eigenvalue weighted by atomic mass is 16.4. The van der Waals surface area contributed by atoms with Crippen LogP contribution < -0.4 is 5.32 Å². The molecule has 0 unspecified atom stereocenters. The van der Waals surface area contributed by atoms with E-state index in [1.165, 1.54) is 4.90 Å². The first-order chi connectivity index (χ1) is 8.58. The zero-order valence-electron chi connectivity index (χ0n) is 10.2. The number of urea groups is 1. The number of hydrogen-bond acceptors (Lipinski definition) is 3. The molecule has 1 saturated heterocycles. The Morgan fingerprint density at radius 1 is 1.56 bits per heavy atom. The third-order valence-corrected chi connectivity index (χ3v) is 3.10. The standard InChI is InChI=1S/C11H16N4O3/c1-14-9(3-5-13-14)2-4-12-11(18)15-6-8(7-15)10(16)17/h3,5,8H,2,4,6-7H2,1H3,(H,12,18)(H,16,17). The number of carboxylic acid groups (broad SMARTS) is 1. The van der Waals surface area contributed by atoms with Crippen molar-refractivity contribution in [2.24, 2.45) is 13.0 Å². The Labute approximate surface area is 104 Å². The van der Waals surface area contributed by atoms with E-state index < -0.39 is 11.9 Å². The summed E-state index contributed by atoms with van der Waals surface area (Å²) in [5, 5.41) is 15.5. The summed E-state index contributed by atoms with van der Waals surface area (Å²) < 4.78 is 1.76. The number of carboxylic acids is 1. The van der Waals surface area contributed by atoms with E-state index >= 15 is 0 Å². The van der Waals surface area contributed by atoms with Gasteiger partial charge in [-0.15, -0.1) is 0 Å². The number of rotatable bonds is 4. The molecule has 0 bridgehead atoms. The lowest BCUT2D eigenvalue weighted by molar-refractivity contribution is -0.146. The number of aliphatic carboxylic acids is 1. The number of nitrogens with zero attached hydrogens (tertiary/aromatic N) is 3. The maximum absolute atomic E-state index is 11.6. The molecule has 2 rings (SSSR count). The molecule has 2 amide bonds. The molecule has 0 atom stereocenters. The van der Waals surface area contributed by atoms with Crippen LogP contribution in [0, 0.1) is 5.92 Å². The summed E-state index contributed by atoms with van der Waals surface area (Å²) >= 11 is 0. The van der Waals surface area contributed by atoms with Gasteiger partial charge < -0.3 is 15.3 Å². The fourth-order valence-corrected chi connectivity index (χ4v) is 1.86. The lowest BCUT2D eigenvalue weighted by atomic mass is 10.0. The van der Waals surface area contributed by atoms with E-state index in [0.717, 1.165) is 5.69 Å². The molecule has 0 spiro atoms. The monoisotopic (exact) mass is 252 g/mol. The van der Waals surface area contributed by atoms with Crippen molar-refractivity contribution >= 4 is 12.0 Å². The van der Waals surface area contributed by atoms with Crippen LogP contribution in [0.1, 0.15) is 5.69 Å². The third-order valence-electron chi connectivity index (χ3n) is 3.10. The SMILES string of the molecule is Cn1nccc1CCNC(=O)N1CC(C(=O)O)C1. The highest BCUT2D eigenvalue weighted by molar-refractivity contribution is 5.79. The molecule has 7 nitrogen and oxygen atoms in total. The van der Waals surface area contributed by atoms with Gasteiger partial charge in [0.2, 0.25) is 0 Å². The molecule has 98 valence electrons. The number of carbonyl (C=O) groups excluding carboxylic acids is 1. The third kappa shape index (κ3) is 2.61. The molecule has 1 aliphatic heterocycles. The van der Waals surface area contributed by atoms with Crippen molar-refractivity contribution in [3.8, 4) is 0 Å². The fourth-order valence-electron chi connectivity index (χ4n) is 1.86. The van der Waals surface area contributed by atoms with Crippen LogP contribution in [0.2, 0.25) is 0 Å². The Kier molecular flexibility index (Phi) is 3.50. The lowest BCUT2D eigenvalue weighted by Gasteiger charge is -2.36. The second kappa shape index (κ2) is 5.07. The smallest absolute Gasteiger partial charge is 0.317 e. The van der Waals surface area contributed by atoms with Gasteiger partial charge in [-0.3, -0.25) is 9.48 Å². The van der Waals surface area contributed by atoms with E-state index in [2.05, 4.69) is 10.4 Å². The Bertz CT molecular complexity index is 451. The predicted molar refractivity (Wildman–Crippen MR) is 63.0 cm³/mol. The van der Waals surface area contributed by atoms with Crippen LogP contribution in [0.25, 0.3) is 0 Å². The van der Waals surface area contributed by atoms with Crippen LogP contribution >= 0.6 is 0 Å². The molecule has 0 radical (unpaired) electrons. The van der Waals surface area contributed by atoms with Gasteiger partial charge in [0.1, 0.15) is 0 Å². The topological polar surface area (TPSA) is 87.5 Å². The molecule has 2 N–H and O–H groups in total. The maximum Gasteiger partial charge on any atom is 0.317 e. The Morgan fingerprint density at radius 3 is 2.83 bits per heavy atom. The molecule has 1 fully saturated rings. The van der Waals surface area contributed by atoms with Gasteiger partial charge in [0.05, 0.1) is 5.92 Å². The van der Waals surface area contributed by atoms with Crippen molar-refractivity contribution < 1.29 is 14.7 Å². The summed E-state index contributed by atoms with van der Waals surface area (Å²) in [5.74, 6) is -1.25. The highest BCUT2D eigenvalue weighted by Gasteiger charge is 2.35. The number of nitrogens with one attached hydrogen (secondary N) is 1. The van der Waals surface area contributed by atoms with Gasteiger partial charge in [-0.25, -0.2) is 4.79 Å². The fraction of sp³-hybridized carbons (Fsp3) is 0.545. The van der Waals surface area contributed by atoms with E-state index in [1.807, 2.05) is 13.1 Å². The molecule has 0 aliphatic carbocycles. The summed E-state index contributed by atoms with van der Waals surface area (Å²) in [6, 6.07) is 1.70. The average molecular weight is 252 g/mol. The summed E-state index contributed by atoms with van der Waals surface area (Å²) in [7, 11) is 1.85. The minimum Gasteiger partial charge on any atom is -0.481 e. The van der Waals surface area contributed by atoms with Gasteiger partial charge in [-0.2, -0.15) is 5.10 Å². The molecule has 18 heavy (non-hydrogen) atoms. The van der Waals surface area contributed by atoms with E-state index in [0.29, 0.717) is 26.1 Å². The van der Waals surface area contributed by atoms with Crippen LogP contribution in [0.15, 0.2) is 12.3 Å². The first-order valence-corrected chi connectivity index (χ1v) is 5.80. The minimum atomic E-state index is -0.839. The quantitative estimate of drug-likeness (QED) is 0.769. The summed E-state index contributed by atoms with van der Waals surface area (Å²) in [6.07, 6.45) is 2.42. The summed E-state index contributed by atoms with van der Waals surface area (Å²) in [4.78, 5) is 23.7. The van der Waals surface area contributed by atoms with Crippen molar-refractivity contribution in [2.75, 3.05) is 19.6 Å². The first-order valence-electron chi connectivity index (χ1n) is 5.80. The second-order valence-electron chi connectivity index (χ2n) is 4.37. The van der Waals surface area contributed by atoms with E-state index in [4.69, 9.17) is 5.11 Å². The van der Waals surface area contributed by atoms with Crippen LogP contribution in [0.5, 0.6) is 0 Å². The van der Waals surface area contributed by atoms with Gasteiger partial charge >= 0.3 is 12.0 Å². The first kappa shape index (κ1) is 12.4. The van der Waals surface area contributed by atoms with Crippen LogP contribution in [0.3, 0.4) is 0 Å². The highest BCUT2D eigenvalue weighted by Crippen LogP contribution is 2.15. The molecule has 0 aromatic carbocycles. The molecular weight excluding hydrogens is 236 g/mol. The van der Waals surface area contributed by atoms with Gasteiger partial charge in [0, 0.05) is 45.0 Å². The number of carbonyl (C=O) groups is 2. The van der Waals surface area contributed by atoms with E-state index in [9.17, 15) is 9.59 Å². The summed E-state index contributed by atoms with van der Waals surface area (Å²) in [6.45, 7) is 1.12. The Hall–Kier alpha value is -2.05. The molecule has 0 saturated carbocycles. The van der Waals surface area contributed by atoms with Crippen molar-refractivity contribution in [1.29, 1.82) is 0 Å². The predicted octanol–water partition coefficient (Wildman–Crippen LogP) is -0.311. The Balaban J connectivity index is 1.67. The largest absolute Gasteiger partial charge is 0.481 e. The second-order valence-corrected chi connectivity index (χ2v) is 4.37. The van der Waals surface area contributed by atoms with Gasteiger partial charge in [-0.05, 0) is 6.07 Å². The van der Waals surface area contributed by atoms with Crippen molar-refractivity contribution in [3.05, 3.63) is 18.0 Å². The average Bonchev–Trinajstić information content (AvgIpc) is 2.61. The number of hydrogen-bond donors (Lipinski definition) is 2. The normalized spacial score (nSPS) is 15.3. The molecule has 2 heterocycles.